The van der Waals surface area contributed by atoms with Crippen LogP contribution in [0.15, 0.2) is 42.5 Å². The number of nitriles is 1. The molecule has 0 aliphatic heterocycles. The van der Waals surface area contributed by atoms with E-state index in [9.17, 15) is 10.1 Å². The molecular formula is C22H24N4O2. The van der Waals surface area contributed by atoms with E-state index in [0.29, 0.717) is 17.8 Å². The fourth-order valence-electron chi connectivity index (χ4n) is 3.32. The number of nitrogens with one attached hydrogen (secondary N) is 2. The Labute approximate surface area is 164 Å². The minimum atomic E-state index is -0.220. The molecule has 2 N–H and O–H groups in total. The fraction of sp³-hybridized carbons (Fsp3) is 0.273. The molecule has 0 aliphatic carbocycles. The molecule has 0 fully saturated rings. The Morgan fingerprint density at radius 1 is 1.18 bits per heavy atom. The van der Waals surface area contributed by atoms with E-state index >= 15 is 0 Å². The molecule has 1 heterocycles. The first-order valence-corrected chi connectivity index (χ1v) is 9.38. The number of rotatable bonds is 6. The van der Waals surface area contributed by atoms with Gasteiger partial charge in [0, 0.05) is 30.2 Å². The maximum Gasteiger partial charge on any atom is 0.319 e. The second-order valence-corrected chi connectivity index (χ2v) is 6.42. The third kappa shape index (κ3) is 3.65. The summed E-state index contributed by atoms with van der Waals surface area (Å²) in [6.07, 6.45) is 0.885. The average Bonchev–Trinajstić information content (AvgIpc) is 3.05. The molecule has 28 heavy (non-hydrogen) atoms. The van der Waals surface area contributed by atoms with Crippen LogP contribution in [0.3, 0.4) is 0 Å². The summed E-state index contributed by atoms with van der Waals surface area (Å²) in [6.45, 7) is 5.41. The third-order valence-electron chi connectivity index (χ3n) is 4.65. The maximum atomic E-state index is 11.8. The average molecular weight is 376 g/mol. The molecule has 3 rings (SSSR count). The van der Waals surface area contributed by atoms with Gasteiger partial charge in [0.05, 0.1) is 23.9 Å². The van der Waals surface area contributed by atoms with E-state index in [1.807, 2.05) is 49.4 Å². The van der Waals surface area contributed by atoms with Gasteiger partial charge in [0.25, 0.3) is 0 Å². The number of amides is 2. The van der Waals surface area contributed by atoms with Crippen molar-refractivity contribution < 1.29 is 9.53 Å². The molecule has 2 amide bonds. The number of carbonyl (C=O) groups is 1. The van der Waals surface area contributed by atoms with Gasteiger partial charge in [-0.1, -0.05) is 19.1 Å². The number of hydrogen-bond donors (Lipinski definition) is 2. The summed E-state index contributed by atoms with van der Waals surface area (Å²) in [5.41, 5.74) is 4.11. The first-order chi connectivity index (χ1) is 13.6. The van der Waals surface area contributed by atoms with Gasteiger partial charge in [-0.05, 0) is 43.2 Å². The number of aromatic nitrogens is 1. The zero-order valence-corrected chi connectivity index (χ0v) is 16.4. The quantitative estimate of drug-likeness (QED) is 0.652. The Kier molecular flexibility index (Phi) is 5.85. The van der Waals surface area contributed by atoms with Crippen molar-refractivity contribution in [2.45, 2.75) is 26.8 Å². The molecule has 0 atom stereocenters. The van der Waals surface area contributed by atoms with Crippen LogP contribution in [0.5, 0.6) is 5.75 Å². The molecule has 0 aliphatic rings. The molecule has 0 bridgehead atoms. The predicted molar refractivity (Wildman–Crippen MR) is 112 cm³/mol. The van der Waals surface area contributed by atoms with Crippen LogP contribution in [0.1, 0.15) is 25.8 Å². The minimum absolute atomic E-state index is 0.220. The van der Waals surface area contributed by atoms with Crippen LogP contribution in [0.25, 0.3) is 22.2 Å². The van der Waals surface area contributed by atoms with Gasteiger partial charge < -0.3 is 19.9 Å². The number of methoxy groups -OCH3 is 1. The number of hydrogen-bond acceptors (Lipinski definition) is 3. The van der Waals surface area contributed by atoms with E-state index < -0.39 is 0 Å². The van der Waals surface area contributed by atoms with E-state index in [-0.39, 0.29) is 6.03 Å². The molecule has 0 unspecified atom stereocenters. The van der Waals surface area contributed by atoms with E-state index in [1.54, 1.807) is 7.11 Å². The van der Waals surface area contributed by atoms with Crippen molar-refractivity contribution in [2.75, 3.05) is 19.0 Å². The van der Waals surface area contributed by atoms with E-state index in [1.165, 1.54) is 0 Å². The molecule has 0 spiro atoms. The molecule has 0 radical (unpaired) electrons. The standard InChI is InChI=1S/C22H24N4O2/c1-4-12-24-22(27)25-16-8-6-15(7-9-16)21-19(14-23)18-11-10-17(28-3)13-20(18)26(21)5-2/h6-11,13H,4-5,12H2,1-3H3,(H2,24,25,27). The van der Waals surface area contributed by atoms with Gasteiger partial charge in [-0.15, -0.1) is 0 Å². The van der Waals surface area contributed by atoms with E-state index in [0.717, 1.165) is 40.9 Å². The van der Waals surface area contributed by atoms with Crippen LogP contribution < -0.4 is 15.4 Å². The molecule has 6 nitrogen and oxygen atoms in total. The lowest BCUT2D eigenvalue weighted by Gasteiger charge is -2.11. The van der Waals surface area contributed by atoms with Gasteiger partial charge in [0.1, 0.15) is 11.8 Å². The summed E-state index contributed by atoms with van der Waals surface area (Å²) >= 11 is 0. The summed E-state index contributed by atoms with van der Waals surface area (Å²) in [4.78, 5) is 11.8. The summed E-state index contributed by atoms with van der Waals surface area (Å²) < 4.78 is 7.47. The Morgan fingerprint density at radius 2 is 1.93 bits per heavy atom. The van der Waals surface area contributed by atoms with Gasteiger partial charge in [0.2, 0.25) is 0 Å². The zero-order valence-electron chi connectivity index (χ0n) is 16.4. The number of benzene rings is 2. The van der Waals surface area contributed by atoms with Crippen molar-refractivity contribution >= 4 is 22.6 Å². The third-order valence-corrected chi connectivity index (χ3v) is 4.65. The number of fused-ring (bicyclic) bond motifs is 1. The Balaban J connectivity index is 2.01. The van der Waals surface area contributed by atoms with Crippen LogP contribution in [0.4, 0.5) is 10.5 Å². The highest BCUT2D eigenvalue weighted by molar-refractivity contribution is 5.95. The number of carbonyl (C=O) groups excluding carboxylic acids is 1. The van der Waals surface area contributed by atoms with Gasteiger partial charge in [-0.2, -0.15) is 5.26 Å². The SMILES string of the molecule is CCCNC(=O)Nc1ccc(-c2c(C#N)c3ccc(OC)cc3n2CC)cc1. The van der Waals surface area contributed by atoms with Crippen molar-refractivity contribution in [3.63, 3.8) is 0 Å². The maximum absolute atomic E-state index is 11.8. The molecule has 3 aromatic rings. The van der Waals surface area contributed by atoms with Crippen LogP contribution in [-0.2, 0) is 6.54 Å². The summed E-state index contributed by atoms with van der Waals surface area (Å²) in [5, 5.41) is 16.3. The molecule has 144 valence electrons. The van der Waals surface area contributed by atoms with Crippen LogP contribution in [-0.4, -0.2) is 24.3 Å². The second-order valence-electron chi connectivity index (χ2n) is 6.42. The number of aryl methyl sites for hydroxylation is 1. The topological polar surface area (TPSA) is 79.1 Å². The van der Waals surface area contributed by atoms with Gasteiger partial charge in [0.15, 0.2) is 0 Å². The second kappa shape index (κ2) is 8.49. The molecular weight excluding hydrogens is 352 g/mol. The van der Waals surface area contributed by atoms with Crippen molar-refractivity contribution in [2.24, 2.45) is 0 Å². The summed E-state index contributed by atoms with van der Waals surface area (Å²) in [6, 6.07) is 15.4. The van der Waals surface area contributed by atoms with Crippen molar-refractivity contribution in [1.29, 1.82) is 5.26 Å². The highest BCUT2D eigenvalue weighted by Gasteiger charge is 2.18. The van der Waals surface area contributed by atoms with E-state index in [2.05, 4.69) is 28.2 Å². The van der Waals surface area contributed by atoms with Crippen LogP contribution in [0, 0.1) is 11.3 Å². The fourth-order valence-corrected chi connectivity index (χ4v) is 3.32. The lowest BCUT2D eigenvalue weighted by Crippen LogP contribution is -2.29. The van der Waals surface area contributed by atoms with Crippen molar-refractivity contribution in [3.05, 3.63) is 48.0 Å². The highest BCUT2D eigenvalue weighted by atomic mass is 16.5. The highest BCUT2D eigenvalue weighted by Crippen LogP contribution is 2.35. The first-order valence-electron chi connectivity index (χ1n) is 9.38. The minimum Gasteiger partial charge on any atom is -0.497 e. The molecule has 6 heteroatoms. The van der Waals surface area contributed by atoms with Gasteiger partial charge in [-0.25, -0.2) is 4.79 Å². The smallest absolute Gasteiger partial charge is 0.319 e. The van der Waals surface area contributed by atoms with Crippen molar-refractivity contribution in [1.82, 2.24) is 9.88 Å². The Bertz CT molecular complexity index is 1030. The summed E-state index contributed by atoms with van der Waals surface area (Å²) in [7, 11) is 1.63. The number of urea groups is 1. The zero-order chi connectivity index (χ0) is 20.1. The number of anilines is 1. The predicted octanol–water partition coefficient (Wildman–Crippen LogP) is 4.74. The molecule has 0 saturated heterocycles. The van der Waals surface area contributed by atoms with Crippen molar-refractivity contribution in [3.8, 4) is 23.1 Å². The lowest BCUT2D eigenvalue weighted by atomic mass is 10.1. The van der Waals surface area contributed by atoms with E-state index in [4.69, 9.17) is 4.74 Å². The Hall–Kier alpha value is -3.46. The van der Waals surface area contributed by atoms with Crippen LogP contribution >= 0.6 is 0 Å². The van der Waals surface area contributed by atoms with Crippen LogP contribution in [0.2, 0.25) is 0 Å². The summed E-state index contributed by atoms with van der Waals surface area (Å²) in [5.74, 6) is 0.758. The first kappa shape index (κ1) is 19.3. The molecule has 2 aromatic carbocycles. The molecule has 0 saturated carbocycles. The Morgan fingerprint density at radius 3 is 2.54 bits per heavy atom. The lowest BCUT2D eigenvalue weighted by molar-refractivity contribution is 0.252. The van der Waals surface area contributed by atoms with Gasteiger partial charge >= 0.3 is 6.03 Å². The monoisotopic (exact) mass is 376 g/mol. The molecule has 1 aromatic heterocycles. The number of ether oxygens (including phenoxy) is 1. The number of nitrogens with zero attached hydrogens (tertiary/aromatic N) is 2. The normalized spacial score (nSPS) is 10.5. The largest absolute Gasteiger partial charge is 0.497 e. The van der Waals surface area contributed by atoms with Gasteiger partial charge in [-0.3, -0.25) is 0 Å².